The SMILES string of the molecule is C[C@@](OCc1ccccc1)(C(=O)OCc1ccccc1)C(F)(F)F. The second-order valence-corrected chi connectivity index (χ2v) is 5.37. The number of rotatable bonds is 6. The van der Waals surface area contributed by atoms with Gasteiger partial charge in [0.15, 0.2) is 0 Å². The van der Waals surface area contributed by atoms with E-state index in [1.807, 2.05) is 0 Å². The molecule has 0 heterocycles. The van der Waals surface area contributed by atoms with Gasteiger partial charge in [-0.1, -0.05) is 60.7 Å². The summed E-state index contributed by atoms with van der Waals surface area (Å²) in [5, 5.41) is 0. The molecule has 24 heavy (non-hydrogen) atoms. The fraction of sp³-hybridized carbons (Fsp3) is 0.278. The quantitative estimate of drug-likeness (QED) is 0.738. The van der Waals surface area contributed by atoms with Crippen LogP contribution in [-0.2, 0) is 27.5 Å². The van der Waals surface area contributed by atoms with Crippen molar-refractivity contribution in [2.75, 3.05) is 0 Å². The Morgan fingerprint density at radius 1 is 0.875 bits per heavy atom. The molecule has 0 N–H and O–H groups in total. The van der Waals surface area contributed by atoms with Gasteiger partial charge in [0.2, 0.25) is 0 Å². The van der Waals surface area contributed by atoms with Crippen molar-refractivity contribution in [2.45, 2.75) is 31.9 Å². The van der Waals surface area contributed by atoms with Gasteiger partial charge in [0, 0.05) is 0 Å². The minimum Gasteiger partial charge on any atom is -0.458 e. The molecule has 2 rings (SSSR count). The van der Waals surface area contributed by atoms with Crippen molar-refractivity contribution in [1.29, 1.82) is 0 Å². The van der Waals surface area contributed by atoms with Crippen LogP contribution in [0.25, 0.3) is 0 Å². The monoisotopic (exact) mass is 338 g/mol. The molecule has 0 radical (unpaired) electrons. The first-order chi connectivity index (χ1) is 11.3. The first-order valence-corrected chi connectivity index (χ1v) is 7.29. The normalized spacial score (nSPS) is 14.0. The van der Waals surface area contributed by atoms with Crippen molar-refractivity contribution in [3.05, 3.63) is 71.8 Å². The van der Waals surface area contributed by atoms with E-state index in [-0.39, 0.29) is 13.2 Å². The van der Waals surface area contributed by atoms with Gasteiger partial charge in [0.25, 0.3) is 5.60 Å². The largest absolute Gasteiger partial charge is 0.458 e. The summed E-state index contributed by atoms with van der Waals surface area (Å²) in [5.41, 5.74) is -1.90. The van der Waals surface area contributed by atoms with Crippen molar-refractivity contribution in [2.24, 2.45) is 0 Å². The lowest BCUT2D eigenvalue weighted by Gasteiger charge is -2.29. The van der Waals surface area contributed by atoms with Gasteiger partial charge in [0.05, 0.1) is 6.61 Å². The van der Waals surface area contributed by atoms with Crippen LogP contribution in [-0.4, -0.2) is 17.7 Å². The molecule has 2 aromatic rings. The van der Waals surface area contributed by atoms with Crippen LogP contribution in [0.2, 0.25) is 0 Å². The number of alkyl halides is 3. The van der Waals surface area contributed by atoms with E-state index in [1.165, 1.54) is 0 Å². The van der Waals surface area contributed by atoms with Crippen molar-refractivity contribution < 1.29 is 27.4 Å². The Morgan fingerprint density at radius 2 is 1.33 bits per heavy atom. The second kappa shape index (κ2) is 7.49. The average Bonchev–Trinajstić information content (AvgIpc) is 2.58. The van der Waals surface area contributed by atoms with Gasteiger partial charge in [-0.25, -0.2) is 4.79 Å². The molecule has 128 valence electrons. The molecule has 0 amide bonds. The third-order valence-electron chi connectivity index (χ3n) is 3.51. The number of halogens is 3. The zero-order valence-corrected chi connectivity index (χ0v) is 13.0. The number of carbonyl (C=O) groups excluding carboxylic acids is 1. The molecule has 0 fully saturated rings. The minimum absolute atomic E-state index is 0.250. The van der Waals surface area contributed by atoms with Gasteiger partial charge < -0.3 is 9.47 Å². The molecular formula is C18H17F3O3. The lowest BCUT2D eigenvalue weighted by atomic mass is 10.1. The molecule has 0 saturated heterocycles. The van der Waals surface area contributed by atoms with E-state index in [0.29, 0.717) is 18.1 Å². The highest BCUT2D eigenvalue weighted by Gasteiger charge is 2.59. The summed E-state index contributed by atoms with van der Waals surface area (Å²) in [6, 6.07) is 16.8. The molecular weight excluding hydrogens is 321 g/mol. The van der Waals surface area contributed by atoms with Crippen LogP contribution >= 0.6 is 0 Å². The molecule has 0 aliphatic heterocycles. The first kappa shape index (κ1) is 18.0. The molecule has 0 unspecified atom stereocenters. The van der Waals surface area contributed by atoms with E-state index in [2.05, 4.69) is 0 Å². The molecule has 0 bridgehead atoms. The summed E-state index contributed by atoms with van der Waals surface area (Å²) in [7, 11) is 0. The van der Waals surface area contributed by atoms with Crippen LogP contribution in [0.1, 0.15) is 18.1 Å². The molecule has 0 aromatic heterocycles. The van der Waals surface area contributed by atoms with Gasteiger partial charge in [0.1, 0.15) is 6.61 Å². The maximum atomic E-state index is 13.4. The minimum atomic E-state index is -4.89. The zero-order valence-electron chi connectivity index (χ0n) is 13.0. The van der Waals surface area contributed by atoms with Crippen LogP contribution in [0.3, 0.4) is 0 Å². The summed E-state index contributed by atoms with van der Waals surface area (Å²) in [6.45, 7) is 0.0839. The van der Waals surface area contributed by atoms with Gasteiger partial charge in [-0.15, -0.1) is 0 Å². The molecule has 6 heteroatoms. The summed E-state index contributed by atoms with van der Waals surface area (Å²) in [5.74, 6) is -1.46. The Kier molecular flexibility index (Phi) is 5.62. The molecule has 0 aliphatic rings. The number of benzene rings is 2. The smallest absolute Gasteiger partial charge is 0.428 e. The summed E-state index contributed by atoms with van der Waals surface area (Å²) in [4.78, 5) is 12.0. The van der Waals surface area contributed by atoms with Crippen molar-refractivity contribution >= 4 is 5.97 Å². The Morgan fingerprint density at radius 3 is 1.79 bits per heavy atom. The Labute approximate surface area is 138 Å². The molecule has 0 saturated carbocycles. The molecule has 1 atom stereocenters. The maximum absolute atomic E-state index is 13.4. The van der Waals surface area contributed by atoms with E-state index in [1.54, 1.807) is 60.7 Å². The molecule has 3 nitrogen and oxygen atoms in total. The fourth-order valence-electron chi connectivity index (χ4n) is 1.92. The van der Waals surface area contributed by atoms with Crippen LogP contribution < -0.4 is 0 Å². The highest BCUT2D eigenvalue weighted by Crippen LogP contribution is 2.35. The summed E-state index contributed by atoms with van der Waals surface area (Å²) in [6.07, 6.45) is -4.89. The van der Waals surface area contributed by atoms with E-state index >= 15 is 0 Å². The lowest BCUT2D eigenvalue weighted by Crippen LogP contribution is -2.52. The Balaban J connectivity index is 2.07. The van der Waals surface area contributed by atoms with E-state index in [9.17, 15) is 18.0 Å². The van der Waals surface area contributed by atoms with E-state index in [4.69, 9.17) is 9.47 Å². The van der Waals surface area contributed by atoms with Gasteiger partial charge in [-0.3, -0.25) is 0 Å². The van der Waals surface area contributed by atoms with E-state index in [0.717, 1.165) is 0 Å². The van der Waals surface area contributed by atoms with Crippen LogP contribution in [0.15, 0.2) is 60.7 Å². The van der Waals surface area contributed by atoms with Gasteiger partial charge in [-0.2, -0.15) is 13.2 Å². The van der Waals surface area contributed by atoms with Gasteiger partial charge >= 0.3 is 12.1 Å². The summed E-state index contributed by atoms with van der Waals surface area (Å²) < 4.78 is 49.8. The highest BCUT2D eigenvalue weighted by molar-refractivity contribution is 5.80. The lowest BCUT2D eigenvalue weighted by molar-refractivity contribution is -0.275. The maximum Gasteiger partial charge on any atom is 0.428 e. The number of hydrogen-bond acceptors (Lipinski definition) is 3. The summed E-state index contributed by atoms with van der Waals surface area (Å²) >= 11 is 0. The predicted molar refractivity (Wildman–Crippen MR) is 81.9 cm³/mol. The van der Waals surface area contributed by atoms with Crippen molar-refractivity contribution in [3.63, 3.8) is 0 Å². The zero-order chi connectivity index (χ0) is 17.6. The topological polar surface area (TPSA) is 35.5 Å². The second-order valence-electron chi connectivity index (χ2n) is 5.37. The molecule has 2 aromatic carbocycles. The highest BCUT2D eigenvalue weighted by atomic mass is 19.4. The molecule has 0 aliphatic carbocycles. The van der Waals surface area contributed by atoms with E-state index < -0.39 is 17.7 Å². The van der Waals surface area contributed by atoms with Crippen LogP contribution in [0.4, 0.5) is 13.2 Å². The molecule has 0 spiro atoms. The van der Waals surface area contributed by atoms with Crippen molar-refractivity contribution in [1.82, 2.24) is 0 Å². The van der Waals surface area contributed by atoms with Gasteiger partial charge in [-0.05, 0) is 18.1 Å². The third kappa shape index (κ3) is 4.35. The fourth-order valence-corrected chi connectivity index (χ4v) is 1.92. The predicted octanol–water partition coefficient (Wildman–Crippen LogP) is 4.27. The van der Waals surface area contributed by atoms with Crippen LogP contribution in [0.5, 0.6) is 0 Å². The first-order valence-electron chi connectivity index (χ1n) is 7.29. The van der Waals surface area contributed by atoms with Crippen LogP contribution in [0, 0.1) is 0 Å². The number of esters is 1. The number of ether oxygens (including phenoxy) is 2. The Hall–Kier alpha value is -2.34. The standard InChI is InChI=1S/C18H17F3O3/c1-17(18(19,20)21,24-13-15-10-6-3-7-11-15)16(22)23-12-14-8-4-2-5-9-14/h2-11H,12-13H2,1H3/t17-/m1/s1. The van der Waals surface area contributed by atoms with Crippen molar-refractivity contribution in [3.8, 4) is 0 Å². The number of hydrogen-bond donors (Lipinski definition) is 0. The average molecular weight is 338 g/mol. The third-order valence-corrected chi connectivity index (χ3v) is 3.51. The Bertz CT molecular complexity index is 656. The number of carbonyl (C=O) groups is 1.